The number of amides is 1. The van der Waals surface area contributed by atoms with E-state index in [4.69, 9.17) is 11.6 Å². The fourth-order valence-electron chi connectivity index (χ4n) is 2.62. The number of nitrogens with one attached hydrogen (secondary N) is 1. The maximum atomic E-state index is 12.6. The molecule has 0 aliphatic carbocycles. The summed E-state index contributed by atoms with van der Waals surface area (Å²) in [4.78, 5) is 12.6. The summed E-state index contributed by atoms with van der Waals surface area (Å²) in [7, 11) is -3.68. The number of benzene rings is 2. The highest BCUT2D eigenvalue weighted by Gasteiger charge is 2.29. The molecule has 26 heavy (non-hydrogen) atoms. The van der Waals surface area contributed by atoms with Crippen LogP contribution in [0.3, 0.4) is 0 Å². The number of sulfonamides is 1. The molecule has 0 radical (unpaired) electrons. The molecule has 0 heterocycles. The van der Waals surface area contributed by atoms with Crippen molar-refractivity contribution in [3.05, 3.63) is 59.1 Å². The zero-order valence-electron chi connectivity index (χ0n) is 15.2. The first kappa shape index (κ1) is 20.3. The van der Waals surface area contributed by atoms with Crippen LogP contribution in [0, 0.1) is 0 Å². The van der Waals surface area contributed by atoms with Crippen LogP contribution in [0.15, 0.2) is 48.5 Å². The lowest BCUT2D eigenvalue weighted by molar-refractivity contribution is -0.116. The summed E-state index contributed by atoms with van der Waals surface area (Å²) in [6.07, 6.45) is 1.06. The zero-order valence-corrected chi connectivity index (χ0v) is 16.8. The molecule has 0 aliphatic heterocycles. The summed E-state index contributed by atoms with van der Waals surface area (Å²) in [5, 5.41) is 3.16. The van der Waals surface area contributed by atoms with Crippen LogP contribution >= 0.6 is 11.6 Å². The van der Waals surface area contributed by atoms with Crippen LogP contribution in [-0.2, 0) is 14.8 Å². The molecule has 0 aromatic heterocycles. The first-order chi connectivity index (χ1) is 12.1. The van der Waals surface area contributed by atoms with Crippen LogP contribution in [0.1, 0.15) is 32.3 Å². The average Bonchev–Trinajstić information content (AvgIpc) is 2.54. The van der Waals surface area contributed by atoms with Gasteiger partial charge in [-0.15, -0.1) is 0 Å². The number of carbonyl (C=O) groups is 1. The number of hydrogen-bond donors (Lipinski definition) is 1. The molecule has 0 spiro atoms. The van der Waals surface area contributed by atoms with Gasteiger partial charge < -0.3 is 5.32 Å². The number of carbonyl (C=O) groups excluding carboxylic acids is 1. The molecule has 2 rings (SSSR count). The van der Waals surface area contributed by atoms with E-state index in [1.807, 2.05) is 24.3 Å². The number of nitrogens with zero attached hydrogens (tertiary/aromatic N) is 1. The van der Waals surface area contributed by atoms with Gasteiger partial charge in [0.25, 0.3) is 0 Å². The molecule has 7 heteroatoms. The maximum absolute atomic E-state index is 12.6. The first-order valence-electron chi connectivity index (χ1n) is 8.25. The highest BCUT2D eigenvalue weighted by molar-refractivity contribution is 7.92. The van der Waals surface area contributed by atoms with Crippen LogP contribution in [0.5, 0.6) is 0 Å². The standard InChI is InChI=1S/C19H23ClN2O3S/c1-13(2)15-8-10-17(11-9-15)21-19(23)14(3)22(26(4,24)25)18-7-5-6-16(20)12-18/h5-14H,1-4H3,(H,21,23). The van der Waals surface area contributed by atoms with Gasteiger partial charge in [-0.3, -0.25) is 9.10 Å². The van der Waals surface area contributed by atoms with Crippen LogP contribution in [0.4, 0.5) is 11.4 Å². The van der Waals surface area contributed by atoms with Crippen molar-refractivity contribution < 1.29 is 13.2 Å². The van der Waals surface area contributed by atoms with E-state index in [1.54, 1.807) is 25.1 Å². The largest absolute Gasteiger partial charge is 0.324 e. The van der Waals surface area contributed by atoms with Crippen molar-refractivity contribution in [2.24, 2.45) is 0 Å². The van der Waals surface area contributed by atoms with Crippen molar-refractivity contribution in [3.63, 3.8) is 0 Å². The lowest BCUT2D eigenvalue weighted by atomic mass is 10.0. The van der Waals surface area contributed by atoms with Gasteiger partial charge in [-0.2, -0.15) is 0 Å². The fourth-order valence-corrected chi connectivity index (χ4v) is 3.97. The molecule has 2 aromatic carbocycles. The van der Waals surface area contributed by atoms with Gasteiger partial charge in [-0.1, -0.05) is 43.6 Å². The smallest absolute Gasteiger partial charge is 0.247 e. The summed E-state index contributed by atoms with van der Waals surface area (Å²) in [6.45, 7) is 5.72. The van der Waals surface area contributed by atoms with Gasteiger partial charge in [0.2, 0.25) is 15.9 Å². The number of hydrogen-bond acceptors (Lipinski definition) is 3. The molecular weight excluding hydrogens is 372 g/mol. The van der Waals surface area contributed by atoms with E-state index in [1.165, 1.54) is 6.07 Å². The Morgan fingerprint density at radius 1 is 1.08 bits per heavy atom. The van der Waals surface area contributed by atoms with Crippen molar-refractivity contribution in [2.45, 2.75) is 32.7 Å². The lowest BCUT2D eigenvalue weighted by Gasteiger charge is -2.28. The van der Waals surface area contributed by atoms with Crippen molar-refractivity contribution in [1.29, 1.82) is 0 Å². The van der Waals surface area contributed by atoms with Gasteiger partial charge in [0.05, 0.1) is 11.9 Å². The van der Waals surface area contributed by atoms with Gasteiger partial charge in [-0.25, -0.2) is 8.42 Å². The molecule has 0 saturated heterocycles. The molecule has 0 bridgehead atoms. The lowest BCUT2D eigenvalue weighted by Crippen LogP contribution is -2.45. The predicted octanol–water partition coefficient (Wildman–Crippen LogP) is 4.26. The molecule has 0 aliphatic rings. The molecule has 1 atom stereocenters. The minimum absolute atomic E-state index is 0.345. The Balaban J connectivity index is 2.25. The Hall–Kier alpha value is -2.05. The van der Waals surface area contributed by atoms with Crippen LogP contribution in [-0.4, -0.2) is 26.6 Å². The van der Waals surface area contributed by atoms with E-state index in [0.717, 1.165) is 16.1 Å². The van der Waals surface area contributed by atoms with Gasteiger partial charge in [0, 0.05) is 10.7 Å². The fraction of sp³-hybridized carbons (Fsp3) is 0.316. The quantitative estimate of drug-likeness (QED) is 0.796. The van der Waals surface area contributed by atoms with E-state index in [9.17, 15) is 13.2 Å². The van der Waals surface area contributed by atoms with Crippen molar-refractivity contribution in [3.8, 4) is 0 Å². The first-order valence-corrected chi connectivity index (χ1v) is 10.5. The van der Waals surface area contributed by atoms with E-state index in [2.05, 4.69) is 19.2 Å². The third kappa shape index (κ3) is 4.99. The summed E-state index contributed by atoms with van der Waals surface area (Å²) >= 11 is 5.97. The third-order valence-electron chi connectivity index (χ3n) is 4.00. The van der Waals surface area contributed by atoms with Crippen LogP contribution < -0.4 is 9.62 Å². The second-order valence-electron chi connectivity index (χ2n) is 6.48. The molecule has 1 amide bonds. The Kier molecular flexibility index (Phi) is 6.31. The normalized spacial score (nSPS) is 12.7. The van der Waals surface area contributed by atoms with Crippen molar-refractivity contribution in [1.82, 2.24) is 0 Å². The van der Waals surface area contributed by atoms with Gasteiger partial charge in [0.15, 0.2) is 0 Å². The number of halogens is 1. The molecule has 1 unspecified atom stereocenters. The minimum Gasteiger partial charge on any atom is -0.324 e. The summed E-state index contributed by atoms with van der Waals surface area (Å²) in [5.74, 6) is -0.0325. The maximum Gasteiger partial charge on any atom is 0.247 e. The monoisotopic (exact) mass is 394 g/mol. The summed E-state index contributed by atoms with van der Waals surface area (Å²) in [5.41, 5.74) is 2.12. The van der Waals surface area contributed by atoms with Crippen molar-refractivity contribution in [2.75, 3.05) is 15.9 Å². The Morgan fingerprint density at radius 3 is 2.19 bits per heavy atom. The van der Waals surface area contributed by atoms with E-state index < -0.39 is 22.0 Å². The Morgan fingerprint density at radius 2 is 1.69 bits per heavy atom. The highest BCUT2D eigenvalue weighted by Crippen LogP contribution is 2.25. The molecule has 2 aromatic rings. The van der Waals surface area contributed by atoms with Gasteiger partial charge in [-0.05, 0) is 48.7 Å². The third-order valence-corrected chi connectivity index (χ3v) is 5.47. The van der Waals surface area contributed by atoms with Crippen LogP contribution in [0.2, 0.25) is 5.02 Å². The average molecular weight is 395 g/mol. The van der Waals surface area contributed by atoms with Gasteiger partial charge in [0.1, 0.15) is 6.04 Å². The number of rotatable bonds is 6. The van der Waals surface area contributed by atoms with E-state index in [0.29, 0.717) is 22.3 Å². The van der Waals surface area contributed by atoms with Gasteiger partial charge >= 0.3 is 0 Å². The minimum atomic E-state index is -3.68. The molecule has 5 nitrogen and oxygen atoms in total. The topological polar surface area (TPSA) is 66.5 Å². The van der Waals surface area contributed by atoms with E-state index in [-0.39, 0.29) is 0 Å². The SMILES string of the molecule is CC(C)c1ccc(NC(=O)C(C)N(c2cccc(Cl)c2)S(C)(=O)=O)cc1. The Bertz CT molecular complexity index is 880. The summed E-state index contributed by atoms with van der Waals surface area (Å²) < 4.78 is 25.6. The second kappa shape index (κ2) is 8.10. The highest BCUT2D eigenvalue weighted by atomic mass is 35.5. The molecule has 1 N–H and O–H groups in total. The second-order valence-corrected chi connectivity index (χ2v) is 8.78. The van der Waals surface area contributed by atoms with E-state index >= 15 is 0 Å². The molecule has 0 fully saturated rings. The molecule has 140 valence electrons. The molecule has 0 saturated carbocycles. The summed E-state index contributed by atoms with van der Waals surface area (Å²) in [6, 6.07) is 13.0. The number of anilines is 2. The predicted molar refractivity (Wildman–Crippen MR) is 107 cm³/mol. The Labute approximate surface area is 160 Å². The van der Waals surface area contributed by atoms with Crippen LogP contribution in [0.25, 0.3) is 0 Å². The molecular formula is C19H23ClN2O3S. The van der Waals surface area contributed by atoms with Crippen molar-refractivity contribution >= 4 is 38.9 Å². The zero-order chi connectivity index (χ0) is 19.5.